The molecule has 2 aromatic rings. The van der Waals surface area contributed by atoms with Gasteiger partial charge in [-0.15, -0.1) is 0 Å². The highest BCUT2D eigenvalue weighted by Gasteiger charge is 2.22. The molecule has 2 aromatic carbocycles. The first-order valence-electron chi connectivity index (χ1n) is 6.42. The lowest BCUT2D eigenvalue weighted by molar-refractivity contribution is 0.0703. The average Bonchev–Trinajstić information content (AvgIpc) is 2.53. The molecule has 0 bridgehead atoms. The molecule has 20 heavy (non-hydrogen) atoms. The Kier molecular flexibility index (Phi) is 4.87. The monoisotopic (exact) mass is 271 g/mol. The van der Waals surface area contributed by atoms with Crippen LogP contribution in [0, 0.1) is 0 Å². The van der Waals surface area contributed by atoms with Gasteiger partial charge < -0.3 is 15.5 Å². The van der Waals surface area contributed by atoms with E-state index in [4.69, 9.17) is 0 Å². The molecule has 0 radical (unpaired) electrons. The highest BCUT2D eigenvalue weighted by atomic mass is 16.3. The Morgan fingerprint density at radius 3 is 2.10 bits per heavy atom. The molecule has 4 heteroatoms. The highest BCUT2D eigenvalue weighted by Crippen LogP contribution is 2.16. The van der Waals surface area contributed by atoms with Crippen molar-refractivity contribution in [2.24, 2.45) is 0 Å². The summed E-state index contributed by atoms with van der Waals surface area (Å²) in [6.07, 6.45) is -0.950. The fraction of sp³-hybridized carbons (Fsp3) is 0.188. The Morgan fingerprint density at radius 1 is 1.00 bits per heavy atom. The van der Waals surface area contributed by atoms with Gasteiger partial charge in [-0.25, -0.2) is 0 Å². The molecule has 104 valence electrons. The molecule has 0 fully saturated rings. The maximum Gasteiger partial charge on any atom is 0.251 e. The number of nitrogens with one attached hydrogen (secondary N) is 1. The summed E-state index contributed by atoms with van der Waals surface area (Å²) < 4.78 is 0. The fourth-order valence-electron chi connectivity index (χ4n) is 1.95. The van der Waals surface area contributed by atoms with Crippen LogP contribution in [-0.2, 0) is 0 Å². The van der Waals surface area contributed by atoms with E-state index in [1.165, 1.54) is 0 Å². The molecular weight excluding hydrogens is 254 g/mol. The van der Waals surface area contributed by atoms with Gasteiger partial charge >= 0.3 is 0 Å². The van der Waals surface area contributed by atoms with Gasteiger partial charge in [0.2, 0.25) is 0 Å². The Bertz CT molecular complexity index is 542. The third kappa shape index (κ3) is 3.44. The summed E-state index contributed by atoms with van der Waals surface area (Å²) in [7, 11) is 0. The normalized spacial score (nSPS) is 13.5. The molecule has 0 saturated carbocycles. The van der Waals surface area contributed by atoms with E-state index in [2.05, 4.69) is 5.32 Å². The minimum absolute atomic E-state index is 0.320. The van der Waals surface area contributed by atoms with Gasteiger partial charge in [0.1, 0.15) is 6.10 Å². The van der Waals surface area contributed by atoms with Crippen molar-refractivity contribution in [1.29, 1.82) is 0 Å². The summed E-state index contributed by atoms with van der Waals surface area (Å²) in [6.45, 7) is -0.339. The standard InChI is InChI=1S/C16H17NO3/c18-11-14(15(19)12-7-3-1-4-8-12)17-16(20)13-9-5-2-6-10-13/h1-10,14-15,18-19H,11H2,(H,17,20)/t14-,15-/m0/s1. The first kappa shape index (κ1) is 14.2. The second kappa shape index (κ2) is 6.84. The van der Waals surface area contributed by atoms with E-state index in [1.807, 2.05) is 12.1 Å². The second-order valence-corrected chi connectivity index (χ2v) is 4.48. The molecule has 3 N–H and O–H groups in total. The molecule has 0 spiro atoms. The smallest absolute Gasteiger partial charge is 0.251 e. The van der Waals surface area contributed by atoms with E-state index >= 15 is 0 Å². The van der Waals surface area contributed by atoms with Crippen molar-refractivity contribution in [2.75, 3.05) is 6.61 Å². The van der Waals surface area contributed by atoms with Crippen molar-refractivity contribution in [1.82, 2.24) is 5.32 Å². The summed E-state index contributed by atoms with van der Waals surface area (Å²) in [4.78, 5) is 12.0. The molecule has 0 saturated heterocycles. The van der Waals surface area contributed by atoms with Crippen LogP contribution in [0.25, 0.3) is 0 Å². The minimum Gasteiger partial charge on any atom is -0.394 e. The Morgan fingerprint density at radius 2 is 1.55 bits per heavy atom. The van der Waals surface area contributed by atoms with Gasteiger partial charge in [-0.3, -0.25) is 4.79 Å². The zero-order chi connectivity index (χ0) is 14.4. The number of amides is 1. The first-order chi connectivity index (χ1) is 9.72. The third-order valence-corrected chi connectivity index (χ3v) is 3.07. The van der Waals surface area contributed by atoms with Crippen molar-refractivity contribution < 1.29 is 15.0 Å². The van der Waals surface area contributed by atoms with Crippen LogP contribution in [0.5, 0.6) is 0 Å². The van der Waals surface area contributed by atoms with Crippen molar-refractivity contribution in [3.8, 4) is 0 Å². The van der Waals surface area contributed by atoms with E-state index in [1.54, 1.807) is 48.5 Å². The number of rotatable bonds is 5. The maximum atomic E-state index is 12.0. The largest absolute Gasteiger partial charge is 0.394 e. The summed E-state index contributed by atoms with van der Waals surface area (Å²) in [5.74, 6) is -0.320. The quantitative estimate of drug-likeness (QED) is 0.772. The summed E-state index contributed by atoms with van der Waals surface area (Å²) in [6, 6.07) is 16.9. The molecule has 0 aliphatic heterocycles. The number of aliphatic hydroxyl groups excluding tert-OH is 2. The zero-order valence-corrected chi connectivity index (χ0v) is 10.9. The number of hydrogen-bond acceptors (Lipinski definition) is 3. The maximum absolute atomic E-state index is 12.0. The summed E-state index contributed by atoms with van der Waals surface area (Å²) in [5, 5.41) is 22.2. The van der Waals surface area contributed by atoms with Crippen LogP contribution in [-0.4, -0.2) is 28.8 Å². The van der Waals surface area contributed by atoms with Crippen LogP contribution >= 0.6 is 0 Å². The lowest BCUT2D eigenvalue weighted by Gasteiger charge is -2.22. The van der Waals surface area contributed by atoms with Gasteiger partial charge in [0.05, 0.1) is 12.6 Å². The second-order valence-electron chi connectivity index (χ2n) is 4.48. The fourth-order valence-corrected chi connectivity index (χ4v) is 1.95. The number of benzene rings is 2. The van der Waals surface area contributed by atoms with Crippen LogP contribution < -0.4 is 5.32 Å². The Labute approximate surface area is 117 Å². The highest BCUT2D eigenvalue weighted by molar-refractivity contribution is 5.94. The van der Waals surface area contributed by atoms with Gasteiger partial charge in [-0.2, -0.15) is 0 Å². The molecule has 2 atom stereocenters. The van der Waals surface area contributed by atoms with E-state index in [9.17, 15) is 15.0 Å². The van der Waals surface area contributed by atoms with Crippen molar-refractivity contribution >= 4 is 5.91 Å². The SMILES string of the molecule is O=C(N[C@@H](CO)[C@@H](O)c1ccccc1)c1ccccc1. The molecule has 0 aliphatic rings. The minimum atomic E-state index is -0.950. The number of carbonyl (C=O) groups is 1. The van der Waals surface area contributed by atoms with Gasteiger partial charge in [-0.1, -0.05) is 48.5 Å². The number of hydrogen-bond donors (Lipinski definition) is 3. The number of carbonyl (C=O) groups excluding carboxylic acids is 1. The predicted octanol–water partition coefficient (Wildman–Crippen LogP) is 1.51. The van der Waals surface area contributed by atoms with E-state index in [-0.39, 0.29) is 12.5 Å². The van der Waals surface area contributed by atoms with Gasteiger partial charge in [0.15, 0.2) is 0 Å². The van der Waals surface area contributed by atoms with Gasteiger partial charge in [0, 0.05) is 5.56 Å². The predicted molar refractivity (Wildman–Crippen MR) is 76.2 cm³/mol. The Hall–Kier alpha value is -2.17. The summed E-state index contributed by atoms with van der Waals surface area (Å²) >= 11 is 0. The molecule has 0 heterocycles. The average molecular weight is 271 g/mol. The van der Waals surface area contributed by atoms with Crippen LogP contribution in [0.3, 0.4) is 0 Å². The zero-order valence-electron chi connectivity index (χ0n) is 10.9. The molecule has 4 nitrogen and oxygen atoms in total. The van der Waals surface area contributed by atoms with Crippen molar-refractivity contribution in [3.05, 3.63) is 71.8 Å². The van der Waals surface area contributed by atoms with Gasteiger partial charge in [-0.05, 0) is 17.7 Å². The lowest BCUT2D eigenvalue weighted by atomic mass is 10.0. The third-order valence-electron chi connectivity index (χ3n) is 3.07. The molecular formula is C16H17NO3. The molecule has 0 aliphatic carbocycles. The van der Waals surface area contributed by atoms with Gasteiger partial charge in [0.25, 0.3) is 5.91 Å². The molecule has 1 amide bonds. The van der Waals surface area contributed by atoms with E-state index in [0.29, 0.717) is 11.1 Å². The van der Waals surface area contributed by atoms with Crippen LogP contribution in [0.15, 0.2) is 60.7 Å². The summed E-state index contributed by atoms with van der Waals surface area (Å²) in [5.41, 5.74) is 1.14. The van der Waals surface area contributed by atoms with Crippen molar-refractivity contribution in [2.45, 2.75) is 12.1 Å². The Balaban J connectivity index is 2.08. The van der Waals surface area contributed by atoms with Crippen LogP contribution in [0.4, 0.5) is 0 Å². The number of aliphatic hydroxyl groups is 2. The van der Waals surface area contributed by atoms with Crippen LogP contribution in [0.2, 0.25) is 0 Å². The molecule has 0 aromatic heterocycles. The topological polar surface area (TPSA) is 69.6 Å². The van der Waals surface area contributed by atoms with Crippen LogP contribution in [0.1, 0.15) is 22.0 Å². The molecule has 2 rings (SSSR count). The van der Waals surface area contributed by atoms with E-state index in [0.717, 1.165) is 0 Å². The van der Waals surface area contributed by atoms with Crippen molar-refractivity contribution in [3.63, 3.8) is 0 Å². The first-order valence-corrected chi connectivity index (χ1v) is 6.42. The lowest BCUT2D eigenvalue weighted by Crippen LogP contribution is -2.41. The molecule has 0 unspecified atom stereocenters. The van der Waals surface area contributed by atoms with E-state index < -0.39 is 12.1 Å².